The van der Waals surface area contributed by atoms with Crippen LogP contribution in [0.4, 0.5) is 4.39 Å². The van der Waals surface area contributed by atoms with Gasteiger partial charge in [-0.1, -0.05) is 18.2 Å². The molecular weight excluding hydrogens is 295 g/mol. The quantitative estimate of drug-likeness (QED) is 0.821. The highest BCUT2D eigenvalue weighted by molar-refractivity contribution is 7.88. The lowest BCUT2D eigenvalue weighted by Crippen LogP contribution is -2.41. The van der Waals surface area contributed by atoms with E-state index in [0.29, 0.717) is 13.1 Å². The molecule has 1 fully saturated rings. The van der Waals surface area contributed by atoms with Crippen molar-refractivity contribution in [2.45, 2.75) is 19.4 Å². The van der Waals surface area contributed by atoms with Crippen molar-refractivity contribution in [2.24, 2.45) is 0 Å². The van der Waals surface area contributed by atoms with Crippen molar-refractivity contribution in [1.82, 2.24) is 9.21 Å². The average Bonchev–Trinajstić information content (AvgIpc) is 2.93. The summed E-state index contributed by atoms with van der Waals surface area (Å²) in [6.07, 6.45) is 2.92. The number of benzene rings is 1. The normalized spacial score (nSPS) is 15.7. The van der Waals surface area contributed by atoms with Crippen LogP contribution in [0.25, 0.3) is 0 Å². The first kappa shape index (κ1) is 15.9. The summed E-state index contributed by atoms with van der Waals surface area (Å²) < 4.78 is 38.3. The Labute approximate surface area is 124 Å². The summed E-state index contributed by atoms with van der Waals surface area (Å²) in [7, 11) is -3.59. The van der Waals surface area contributed by atoms with Crippen molar-refractivity contribution in [3.05, 3.63) is 35.6 Å². The number of hydrogen-bond donors (Lipinski definition) is 0. The van der Waals surface area contributed by atoms with Gasteiger partial charge in [-0.3, -0.25) is 4.79 Å². The SMILES string of the molecule is CS(=O)(=O)N(CC(=O)N1CCCC1)Cc1ccccc1F. The van der Waals surface area contributed by atoms with E-state index in [1.165, 1.54) is 12.1 Å². The minimum absolute atomic E-state index is 0.134. The van der Waals surface area contributed by atoms with Gasteiger partial charge in [-0.05, 0) is 18.9 Å². The Kier molecular flexibility index (Phi) is 4.95. The maximum absolute atomic E-state index is 13.7. The first-order valence-corrected chi connectivity index (χ1v) is 8.69. The Morgan fingerprint density at radius 3 is 2.48 bits per heavy atom. The highest BCUT2D eigenvalue weighted by Gasteiger charge is 2.25. The molecule has 0 bridgehead atoms. The lowest BCUT2D eigenvalue weighted by Gasteiger charge is -2.23. The summed E-state index contributed by atoms with van der Waals surface area (Å²) in [5.74, 6) is -0.700. The number of carbonyl (C=O) groups excluding carboxylic acids is 1. The van der Waals surface area contributed by atoms with Crippen LogP contribution >= 0.6 is 0 Å². The van der Waals surface area contributed by atoms with Gasteiger partial charge in [-0.25, -0.2) is 12.8 Å². The molecule has 1 aliphatic heterocycles. The Hall–Kier alpha value is -1.47. The highest BCUT2D eigenvalue weighted by Crippen LogP contribution is 2.14. The van der Waals surface area contributed by atoms with Crippen molar-refractivity contribution < 1.29 is 17.6 Å². The van der Waals surface area contributed by atoms with E-state index in [1.807, 2.05) is 0 Å². The van der Waals surface area contributed by atoms with E-state index in [4.69, 9.17) is 0 Å². The predicted octanol–water partition coefficient (Wildman–Crippen LogP) is 1.21. The fourth-order valence-electron chi connectivity index (χ4n) is 2.32. The van der Waals surface area contributed by atoms with E-state index in [9.17, 15) is 17.6 Å². The third-order valence-corrected chi connectivity index (χ3v) is 4.74. The predicted molar refractivity (Wildman–Crippen MR) is 77.5 cm³/mol. The third-order valence-electron chi connectivity index (χ3n) is 3.54. The fraction of sp³-hybridized carbons (Fsp3) is 0.500. The van der Waals surface area contributed by atoms with E-state index < -0.39 is 15.8 Å². The molecule has 0 aliphatic carbocycles. The molecule has 1 saturated heterocycles. The lowest BCUT2D eigenvalue weighted by molar-refractivity contribution is -0.130. The minimum Gasteiger partial charge on any atom is -0.342 e. The van der Waals surface area contributed by atoms with Crippen LogP contribution in [0, 0.1) is 5.82 Å². The number of rotatable bonds is 5. The number of nitrogens with zero attached hydrogens (tertiary/aromatic N) is 2. The van der Waals surface area contributed by atoms with Crippen LogP contribution in [0.1, 0.15) is 18.4 Å². The van der Waals surface area contributed by atoms with Crippen LogP contribution in [0.15, 0.2) is 24.3 Å². The second-order valence-corrected chi connectivity index (χ2v) is 7.19. The summed E-state index contributed by atoms with van der Waals surface area (Å²) >= 11 is 0. The Balaban J connectivity index is 2.12. The summed E-state index contributed by atoms with van der Waals surface area (Å²) in [6, 6.07) is 5.98. The molecule has 0 aromatic heterocycles. The summed E-state index contributed by atoms with van der Waals surface area (Å²) in [4.78, 5) is 13.8. The molecule has 0 atom stereocenters. The molecule has 1 heterocycles. The maximum Gasteiger partial charge on any atom is 0.237 e. The smallest absolute Gasteiger partial charge is 0.237 e. The van der Waals surface area contributed by atoms with Crippen LogP contribution in [0.2, 0.25) is 0 Å². The molecule has 7 heteroatoms. The molecule has 1 amide bonds. The minimum atomic E-state index is -3.59. The van der Waals surface area contributed by atoms with Crippen molar-refractivity contribution in [1.29, 1.82) is 0 Å². The number of sulfonamides is 1. The van der Waals surface area contributed by atoms with E-state index in [0.717, 1.165) is 23.4 Å². The van der Waals surface area contributed by atoms with Gasteiger partial charge in [0.2, 0.25) is 15.9 Å². The monoisotopic (exact) mass is 314 g/mol. The molecule has 2 rings (SSSR count). The van der Waals surface area contributed by atoms with Gasteiger partial charge in [0.25, 0.3) is 0 Å². The van der Waals surface area contributed by atoms with Crippen molar-refractivity contribution in [2.75, 3.05) is 25.9 Å². The number of likely N-dealkylation sites (tertiary alicyclic amines) is 1. The zero-order chi connectivity index (χ0) is 15.5. The second kappa shape index (κ2) is 6.53. The lowest BCUT2D eigenvalue weighted by atomic mass is 10.2. The fourth-order valence-corrected chi connectivity index (χ4v) is 3.04. The molecule has 0 radical (unpaired) electrons. The molecule has 0 N–H and O–H groups in total. The number of amides is 1. The molecule has 0 unspecified atom stereocenters. The molecule has 1 aliphatic rings. The first-order valence-electron chi connectivity index (χ1n) is 6.84. The topological polar surface area (TPSA) is 57.7 Å². The van der Waals surface area contributed by atoms with E-state index >= 15 is 0 Å². The zero-order valence-corrected chi connectivity index (χ0v) is 12.8. The molecule has 21 heavy (non-hydrogen) atoms. The van der Waals surface area contributed by atoms with Crippen molar-refractivity contribution in [3.63, 3.8) is 0 Å². The number of carbonyl (C=O) groups is 1. The van der Waals surface area contributed by atoms with Gasteiger partial charge in [0.1, 0.15) is 5.82 Å². The van der Waals surface area contributed by atoms with Crippen LogP contribution < -0.4 is 0 Å². The standard InChI is InChI=1S/C14H19FN2O3S/c1-21(19,20)17(10-12-6-2-3-7-13(12)15)11-14(18)16-8-4-5-9-16/h2-3,6-7H,4-5,8-11H2,1H3. The van der Waals surface area contributed by atoms with Gasteiger partial charge < -0.3 is 4.90 Å². The molecule has 0 saturated carbocycles. The number of hydrogen-bond acceptors (Lipinski definition) is 3. The van der Waals surface area contributed by atoms with Crippen LogP contribution in [0.5, 0.6) is 0 Å². The van der Waals surface area contributed by atoms with Crippen molar-refractivity contribution in [3.8, 4) is 0 Å². The largest absolute Gasteiger partial charge is 0.342 e. The van der Waals surface area contributed by atoms with Crippen molar-refractivity contribution >= 4 is 15.9 Å². The number of halogens is 1. The van der Waals surface area contributed by atoms with Crippen LogP contribution in [0.3, 0.4) is 0 Å². The third kappa shape index (κ3) is 4.25. The Bertz CT molecular complexity index is 612. The first-order chi connectivity index (χ1) is 9.88. The van der Waals surface area contributed by atoms with E-state index in [1.54, 1.807) is 17.0 Å². The maximum atomic E-state index is 13.7. The van der Waals surface area contributed by atoms with Gasteiger partial charge >= 0.3 is 0 Å². The molecule has 1 aromatic carbocycles. The zero-order valence-electron chi connectivity index (χ0n) is 12.0. The molecule has 5 nitrogen and oxygen atoms in total. The van der Waals surface area contributed by atoms with Gasteiger partial charge in [0.15, 0.2) is 0 Å². The van der Waals surface area contributed by atoms with Gasteiger partial charge in [0.05, 0.1) is 12.8 Å². The Morgan fingerprint density at radius 2 is 1.90 bits per heavy atom. The Morgan fingerprint density at radius 1 is 1.29 bits per heavy atom. The highest BCUT2D eigenvalue weighted by atomic mass is 32.2. The van der Waals surface area contributed by atoms with Crippen LogP contribution in [-0.2, 0) is 21.4 Å². The van der Waals surface area contributed by atoms with Gasteiger partial charge in [-0.15, -0.1) is 0 Å². The summed E-state index contributed by atoms with van der Waals surface area (Å²) in [5, 5.41) is 0. The second-order valence-electron chi connectivity index (χ2n) is 5.21. The summed E-state index contributed by atoms with van der Waals surface area (Å²) in [5.41, 5.74) is 0.261. The summed E-state index contributed by atoms with van der Waals surface area (Å²) in [6.45, 7) is 0.949. The molecule has 0 spiro atoms. The van der Waals surface area contributed by atoms with Gasteiger partial charge in [-0.2, -0.15) is 4.31 Å². The van der Waals surface area contributed by atoms with Crippen LogP contribution in [-0.4, -0.2) is 49.4 Å². The van der Waals surface area contributed by atoms with Gasteiger partial charge in [0, 0.05) is 25.2 Å². The average molecular weight is 314 g/mol. The molecule has 116 valence electrons. The molecule has 1 aromatic rings. The van der Waals surface area contributed by atoms with E-state index in [-0.39, 0.29) is 24.6 Å². The van der Waals surface area contributed by atoms with E-state index in [2.05, 4.69) is 0 Å². The molecular formula is C14H19FN2O3S.